The average Bonchev–Trinajstić information content (AvgIpc) is 2.01. The Morgan fingerprint density at radius 2 is 2.29 bits per heavy atom. The Morgan fingerprint density at radius 1 is 1.64 bits per heavy atom. The third-order valence-corrected chi connectivity index (χ3v) is 2.24. The smallest absolute Gasteiger partial charge is 0.161 e. The minimum Gasteiger partial charge on any atom is -0.486 e. The van der Waals surface area contributed by atoms with Crippen LogP contribution in [0.3, 0.4) is 0 Å². The van der Waals surface area contributed by atoms with Gasteiger partial charge < -0.3 is 10.5 Å². The van der Waals surface area contributed by atoms with Crippen molar-refractivity contribution in [3.05, 3.63) is 33.8 Å². The SMILES string of the molecule is C=C(C)COc1c(N)cc(Br)cc1Cl. The number of rotatable bonds is 3. The molecule has 0 heterocycles. The predicted molar refractivity (Wildman–Crippen MR) is 63.9 cm³/mol. The number of anilines is 1. The summed E-state index contributed by atoms with van der Waals surface area (Å²) < 4.78 is 6.24. The van der Waals surface area contributed by atoms with Gasteiger partial charge in [-0.25, -0.2) is 0 Å². The first-order valence-corrected chi connectivity index (χ1v) is 5.19. The van der Waals surface area contributed by atoms with Gasteiger partial charge in [0.25, 0.3) is 0 Å². The van der Waals surface area contributed by atoms with Crippen molar-refractivity contribution in [3.63, 3.8) is 0 Å². The van der Waals surface area contributed by atoms with Crippen molar-refractivity contribution in [1.82, 2.24) is 0 Å². The topological polar surface area (TPSA) is 35.2 Å². The van der Waals surface area contributed by atoms with Crippen LogP contribution in [-0.2, 0) is 0 Å². The number of nitrogen functional groups attached to an aromatic ring is 1. The maximum atomic E-state index is 5.95. The van der Waals surface area contributed by atoms with Crippen LogP contribution >= 0.6 is 27.5 Å². The molecule has 1 rings (SSSR count). The molecule has 0 fully saturated rings. The molecule has 0 radical (unpaired) electrons. The Hall–Kier alpha value is -0.670. The first-order chi connectivity index (χ1) is 6.50. The monoisotopic (exact) mass is 275 g/mol. The number of hydrogen-bond acceptors (Lipinski definition) is 2. The molecule has 0 spiro atoms. The lowest BCUT2D eigenvalue weighted by Gasteiger charge is -2.10. The van der Waals surface area contributed by atoms with E-state index >= 15 is 0 Å². The Morgan fingerprint density at radius 3 is 2.79 bits per heavy atom. The second-order valence-electron chi connectivity index (χ2n) is 3.05. The third kappa shape index (κ3) is 2.93. The van der Waals surface area contributed by atoms with Crippen LogP contribution in [-0.4, -0.2) is 6.61 Å². The van der Waals surface area contributed by atoms with Gasteiger partial charge in [0.1, 0.15) is 6.61 Å². The van der Waals surface area contributed by atoms with Gasteiger partial charge in [-0.15, -0.1) is 0 Å². The van der Waals surface area contributed by atoms with Crippen LogP contribution in [0.4, 0.5) is 5.69 Å². The lowest BCUT2D eigenvalue weighted by molar-refractivity contribution is 0.355. The van der Waals surface area contributed by atoms with E-state index in [-0.39, 0.29) is 0 Å². The van der Waals surface area contributed by atoms with E-state index in [1.165, 1.54) is 0 Å². The Labute approximate surface area is 96.8 Å². The van der Waals surface area contributed by atoms with Crippen LogP contribution in [0.5, 0.6) is 5.75 Å². The molecule has 0 aliphatic heterocycles. The Bertz CT molecular complexity index is 342. The minimum absolute atomic E-state index is 0.422. The van der Waals surface area contributed by atoms with Crippen molar-refractivity contribution >= 4 is 33.2 Å². The number of ether oxygens (including phenoxy) is 1. The molecule has 0 saturated carbocycles. The second kappa shape index (κ2) is 4.71. The molecule has 2 nitrogen and oxygen atoms in total. The fourth-order valence-corrected chi connectivity index (χ4v) is 1.82. The second-order valence-corrected chi connectivity index (χ2v) is 4.37. The van der Waals surface area contributed by atoms with Crippen LogP contribution in [0.15, 0.2) is 28.8 Å². The summed E-state index contributed by atoms with van der Waals surface area (Å²) >= 11 is 9.24. The maximum Gasteiger partial charge on any atom is 0.161 e. The van der Waals surface area contributed by atoms with Crippen LogP contribution in [0.25, 0.3) is 0 Å². The molecular weight excluding hydrogens is 265 g/mol. The summed E-state index contributed by atoms with van der Waals surface area (Å²) in [6.45, 7) is 6.03. The summed E-state index contributed by atoms with van der Waals surface area (Å²) in [5.74, 6) is 0.512. The van der Waals surface area contributed by atoms with Gasteiger partial charge in [0, 0.05) is 4.47 Å². The first-order valence-electron chi connectivity index (χ1n) is 4.02. The van der Waals surface area contributed by atoms with Gasteiger partial charge in [0.2, 0.25) is 0 Å². The third-order valence-electron chi connectivity index (χ3n) is 1.50. The molecule has 14 heavy (non-hydrogen) atoms. The highest BCUT2D eigenvalue weighted by molar-refractivity contribution is 9.10. The molecule has 76 valence electrons. The van der Waals surface area contributed by atoms with E-state index in [4.69, 9.17) is 22.1 Å². The lowest BCUT2D eigenvalue weighted by Crippen LogP contribution is -2.01. The van der Waals surface area contributed by atoms with Gasteiger partial charge in [0.05, 0.1) is 10.7 Å². The largest absolute Gasteiger partial charge is 0.486 e. The summed E-state index contributed by atoms with van der Waals surface area (Å²) in [7, 11) is 0. The summed E-state index contributed by atoms with van der Waals surface area (Å²) in [4.78, 5) is 0. The minimum atomic E-state index is 0.422. The molecule has 0 unspecified atom stereocenters. The highest BCUT2D eigenvalue weighted by Gasteiger charge is 2.07. The van der Waals surface area contributed by atoms with Crippen LogP contribution in [0, 0.1) is 0 Å². The summed E-state index contributed by atoms with van der Waals surface area (Å²) in [5, 5.41) is 0.498. The van der Waals surface area contributed by atoms with Crippen LogP contribution in [0.2, 0.25) is 5.02 Å². The van der Waals surface area contributed by atoms with Gasteiger partial charge in [-0.2, -0.15) is 0 Å². The van der Waals surface area contributed by atoms with Crippen molar-refractivity contribution in [3.8, 4) is 5.75 Å². The van der Waals surface area contributed by atoms with Crippen molar-refractivity contribution in [2.75, 3.05) is 12.3 Å². The fourth-order valence-electron chi connectivity index (χ4n) is 0.928. The zero-order valence-electron chi connectivity index (χ0n) is 7.81. The van der Waals surface area contributed by atoms with Gasteiger partial charge >= 0.3 is 0 Å². The van der Waals surface area contributed by atoms with E-state index in [2.05, 4.69) is 22.5 Å². The molecular formula is C10H11BrClNO. The molecule has 0 saturated heterocycles. The highest BCUT2D eigenvalue weighted by Crippen LogP contribution is 2.34. The normalized spacial score (nSPS) is 9.93. The molecule has 0 aliphatic carbocycles. The zero-order valence-corrected chi connectivity index (χ0v) is 10.2. The number of benzene rings is 1. The van der Waals surface area contributed by atoms with Gasteiger partial charge in [-0.05, 0) is 24.6 Å². The Balaban J connectivity index is 2.91. The average molecular weight is 277 g/mol. The van der Waals surface area contributed by atoms with Crippen LogP contribution < -0.4 is 10.5 Å². The van der Waals surface area contributed by atoms with Crippen molar-refractivity contribution in [1.29, 1.82) is 0 Å². The van der Waals surface area contributed by atoms with E-state index in [1.54, 1.807) is 12.1 Å². The molecule has 1 aromatic rings. The molecule has 0 atom stereocenters. The van der Waals surface area contributed by atoms with Gasteiger partial charge in [-0.3, -0.25) is 0 Å². The summed E-state index contributed by atoms with van der Waals surface area (Å²) in [6, 6.07) is 3.49. The quantitative estimate of drug-likeness (QED) is 0.676. The molecule has 4 heteroatoms. The number of halogens is 2. The summed E-state index contributed by atoms with van der Waals surface area (Å²) in [5.41, 5.74) is 7.18. The molecule has 0 amide bonds. The zero-order chi connectivity index (χ0) is 10.7. The van der Waals surface area contributed by atoms with E-state index in [9.17, 15) is 0 Å². The van der Waals surface area contributed by atoms with E-state index in [0.717, 1.165) is 10.0 Å². The van der Waals surface area contributed by atoms with Crippen molar-refractivity contribution in [2.24, 2.45) is 0 Å². The molecule has 0 aromatic heterocycles. The highest BCUT2D eigenvalue weighted by atomic mass is 79.9. The molecule has 2 N–H and O–H groups in total. The van der Waals surface area contributed by atoms with E-state index in [1.807, 2.05) is 6.92 Å². The van der Waals surface area contributed by atoms with Crippen molar-refractivity contribution < 1.29 is 4.74 Å². The number of hydrogen-bond donors (Lipinski definition) is 1. The Kier molecular flexibility index (Phi) is 3.84. The maximum absolute atomic E-state index is 5.95. The number of nitrogens with two attached hydrogens (primary N) is 1. The van der Waals surface area contributed by atoms with Gasteiger partial charge in [0.15, 0.2) is 5.75 Å². The summed E-state index contributed by atoms with van der Waals surface area (Å²) in [6.07, 6.45) is 0. The van der Waals surface area contributed by atoms with E-state index in [0.29, 0.717) is 23.1 Å². The standard InChI is InChI=1S/C10H11BrClNO/c1-6(2)5-14-10-8(12)3-7(11)4-9(10)13/h3-4H,1,5,13H2,2H3. The molecule has 1 aromatic carbocycles. The van der Waals surface area contributed by atoms with Crippen molar-refractivity contribution in [2.45, 2.75) is 6.92 Å². The fraction of sp³-hybridized carbons (Fsp3) is 0.200. The predicted octanol–water partition coefficient (Wildman–Crippen LogP) is 3.64. The lowest BCUT2D eigenvalue weighted by atomic mass is 10.3. The molecule has 0 bridgehead atoms. The van der Waals surface area contributed by atoms with E-state index < -0.39 is 0 Å². The van der Waals surface area contributed by atoms with Crippen LogP contribution in [0.1, 0.15) is 6.92 Å². The first kappa shape index (κ1) is 11.4. The molecule has 0 aliphatic rings. The van der Waals surface area contributed by atoms with Gasteiger partial charge in [-0.1, -0.05) is 34.1 Å².